The van der Waals surface area contributed by atoms with Gasteiger partial charge in [-0.15, -0.1) is 0 Å². The van der Waals surface area contributed by atoms with Crippen LogP contribution in [0.2, 0.25) is 0 Å². The third-order valence-corrected chi connectivity index (χ3v) is 1.37. The molecule has 1 aromatic heterocycles. The summed E-state index contributed by atoms with van der Waals surface area (Å²) in [7, 11) is 0. The highest BCUT2D eigenvalue weighted by molar-refractivity contribution is 5.84. The Hall–Kier alpha value is -1.32. The fourth-order valence-corrected chi connectivity index (χ4v) is 0.726. The van der Waals surface area contributed by atoms with Gasteiger partial charge in [0.1, 0.15) is 0 Å². The monoisotopic (exact) mass is 153 g/mol. The lowest BCUT2D eigenvalue weighted by molar-refractivity contribution is -0.255. The summed E-state index contributed by atoms with van der Waals surface area (Å²) in [6.45, 7) is 3.85. The second-order valence-corrected chi connectivity index (χ2v) is 2.59. The highest BCUT2D eigenvalue weighted by Gasteiger charge is 2.00. The van der Waals surface area contributed by atoms with Gasteiger partial charge in [0.15, 0.2) is 0 Å². The Morgan fingerprint density at radius 1 is 1.73 bits per heavy atom. The maximum atomic E-state index is 10.3. The van der Waals surface area contributed by atoms with E-state index in [1.807, 2.05) is 13.8 Å². The standard InChI is InChI=1S/C7H10N2O2/c1-5(2)9-4-6(3-8-9)7(10)11/h3-5H,1-2H3,(H,10,11)/p-1. The molecule has 0 aliphatic rings. The first kappa shape index (κ1) is 7.78. The van der Waals surface area contributed by atoms with Crippen LogP contribution < -0.4 is 5.11 Å². The third-order valence-electron chi connectivity index (χ3n) is 1.37. The van der Waals surface area contributed by atoms with Crippen LogP contribution in [-0.4, -0.2) is 15.7 Å². The minimum atomic E-state index is -1.18. The van der Waals surface area contributed by atoms with Crippen molar-refractivity contribution in [2.45, 2.75) is 19.9 Å². The van der Waals surface area contributed by atoms with E-state index in [4.69, 9.17) is 0 Å². The van der Waals surface area contributed by atoms with Crippen LogP contribution in [-0.2, 0) is 0 Å². The van der Waals surface area contributed by atoms with E-state index in [0.29, 0.717) is 0 Å². The molecular formula is C7H9N2O2-. The summed E-state index contributed by atoms with van der Waals surface area (Å²) in [4.78, 5) is 10.3. The molecule has 0 aromatic carbocycles. The molecule has 0 unspecified atom stereocenters. The number of hydrogen-bond acceptors (Lipinski definition) is 3. The van der Waals surface area contributed by atoms with Crippen molar-refractivity contribution in [1.82, 2.24) is 9.78 Å². The van der Waals surface area contributed by atoms with Gasteiger partial charge in [-0.25, -0.2) is 0 Å². The first-order valence-corrected chi connectivity index (χ1v) is 3.36. The number of carboxylic acids is 1. The van der Waals surface area contributed by atoms with Crippen molar-refractivity contribution < 1.29 is 9.90 Å². The van der Waals surface area contributed by atoms with E-state index in [2.05, 4.69) is 5.10 Å². The van der Waals surface area contributed by atoms with Gasteiger partial charge in [-0.2, -0.15) is 5.10 Å². The predicted molar refractivity (Wildman–Crippen MR) is 36.9 cm³/mol. The smallest absolute Gasteiger partial charge is 0.0746 e. The van der Waals surface area contributed by atoms with Gasteiger partial charge in [-0.1, -0.05) is 0 Å². The van der Waals surface area contributed by atoms with E-state index in [1.165, 1.54) is 12.4 Å². The Morgan fingerprint density at radius 2 is 2.36 bits per heavy atom. The molecule has 0 bridgehead atoms. The Balaban J connectivity index is 2.90. The molecule has 0 N–H and O–H groups in total. The van der Waals surface area contributed by atoms with Crippen molar-refractivity contribution in [2.75, 3.05) is 0 Å². The third kappa shape index (κ3) is 1.58. The molecule has 0 spiro atoms. The number of aromatic nitrogens is 2. The van der Waals surface area contributed by atoms with Crippen LogP contribution in [0.25, 0.3) is 0 Å². The summed E-state index contributed by atoms with van der Waals surface area (Å²) in [6.07, 6.45) is 2.75. The van der Waals surface area contributed by atoms with Gasteiger partial charge in [0.2, 0.25) is 0 Å². The summed E-state index contributed by atoms with van der Waals surface area (Å²) in [5, 5.41) is 14.1. The average molecular weight is 153 g/mol. The van der Waals surface area contributed by atoms with E-state index in [-0.39, 0.29) is 11.6 Å². The Bertz CT molecular complexity index is 265. The van der Waals surface area contributed by atoms with Crippen LogP contribution in [0.15, 0.2) is 12.4 Å². The summed E-state index contributed by atoms with van der Waals surface area (Å²) in [5.41, 5.74) is 0.124. The Labute approximate surface area is 64.5 Å². The van der Waals surface area contributed by atoms with Crippen molar-refractivity contribution in [3.8, 4) is 0 Å². The molecule has 11 heavy (non-hydrogen) atoms. The van der Waals surface area contributed by atoms with Crippen LogP contribution in [0.3, 0.4) is 0 Å². The highest BCUT2D eigenvalue weighted by atomic mass is 16.4. The minimum absolute atomic E-state index is 0.124. The quantitative estimate of drug-likeness (QED) is 0.592. The Morgan fingerprint density at radius 3 is 2.64 bits per heavy atom. The van der Waals surface area contributed by atoms with Crippen LogP contribution in [0.1, 0.15) is 30.2 Å². The lowest BCUT2D eigenvalue weighted by Gasteiger charge is -2.02. The second-order valence-electron chi connectivity index (χ2n) is 2.59. The van der Waals surface area contributed by atoms with Crippen molar-refractivity contribution in [3.63, 3.8) is 0 Å². The van der Waals surface area contributed by atoms with Crippen molar-refractivity contribution in [1.29, 1.82) is 0 Å². The Kier molecular flexibility index (Phi) is 1.94. The predicted octanol–water partition coefficient (Wildman–Crippen LogP) is -0.173. The van der Waals surface area contributed by atoms with E-state index in [9.17, 15) is 9.90 Å². The van der Waals surface area contributed by atoms with Gasteiger partial charge in [0.05, 0.1) is 12.2 Å². The number of carbonyl (C=O) groups excluding carboxylic acids is 1. The molecule has 0 radical (unpaired) electrons. The van der Waals surface area contributed by atoms with Crippen molar-refractivity contribution in [2.24, 2.45) is 0 Å². The topological polar surface area (TPSA) is 58.0 Å². The van der Waals surface area contributed by atoms with Gasteiger partial charge < -0.3 is 9.90 Å². The molecule has 1 rings (SSSR count). The summed E-state index contributed by atoms with van der Waals surface area (Å²) in [6, 6.07) is 0.183. The first-order valence-electron chi connectivity index (χ1n) is 3.36. The van der Waals surface area contributed by atoms with Crippen molar-refractivity contribution in [3.05, 3.63) is 18.0 Å². The van der Waals surface area contributed by atoms with Crippen LogP contribution in [0.4, 0.5) is 0 Å². The number of hydrogen-bond donors (Lipinski definition) is 0. The van der Waals surface area contributed by atoms with Crippen molar-refractivity contribution >= 4 is 5.97 Å². The molecular weight excluding hydrogens is 144 g/mol. The van der Waals surface area contributed by atoms with Crippen LogP contribution >= 0.6 is 0 Å². The lowest BCUT2D eigenvalue weighted by atomic mass is 10.3. The summed E-state index contributed by atoms with van der Waals surface area (Å²) < 4.78 is 1.57. The molecule has 4 heteroatoms. The molecule has 0 saturated heterocycles. The normalized spacial score (nSPS) is 10.5. The fourth-order valence-electron chi connectivity index (χ4n) is 0.726. The zero-order valence-corrected chi connectivity index (χ0v) is 6.44. The maximum absolute atomic E-state index is 10.3. The van der Waals surface area contributed by atoms with Gasteiger partial charge in [0, 0.05) is 17.8 Å². The van der Waals surface area contributed by atoms with E-state index in [1.54, 1.807) is 4.68 Å². The molecule has 1 heterocycles. The second kappa shape index (κ2) is 2.74. The van der Waals surface area contributed by atoms with Crippen LogP contribution in [0, 0.1) is 0 Å². The number of carboxylic acid groups (broad SMARTS) is 1. The number of aromatic carboxylic acids is 1. The highest BCUT2D eigenvalue weighted by Crippen LogP contribution is 2.03. The maximum Gasteiger partial charge on any atom is 0.0746 e. The lowest BCUT2D eigenvalue weighted by Crippen LogP contribution is -2.21. The molecule has 0 fully saturated rings. The molecule has 60 valence electrons. The molecule has 1 aromatic rings. The summed E-state index contributed by atoms with van der Waals surface area (Å²) in [5.74, 6) is -1.18. The molecule has 0 atom stereocenters. The van der Waals surface area contributed by atoms with Gasteiger partial charge in [-0.05, 0) is 13.8 Å². The summed E-state index contributed by atoms with van der Waals surface area (Å²) >= 11 is 0. The zero-order valence-electron chi connectivity index (χ0n) is 6.44. The number of nitrogens with zero attached hydrogens (tertiary/aromatic N) is 2. The van der Waals surface area contributed by atoms with E-state index < -0.39 is 5.97 Å². The minimum Gasteiger partial charge on any atom is -0.545 e. The fraction of sp³-hybridized carbons (Fsp3) is 0.429. The number of rotatable bonds is 2. The van der Waals surface area contributed by atoms with E-state index in [0.717, 1.165) is 0 Å². The average Bonchev–Trinajstić information content (AvgIpc) is 2.33. The molecule has 0 aliphatic carbocycles. The SMILES string of the molecule is CC(C)n1cc(C(=O)[O-])cn1. The number of carbonyl (C=O) groups is 1. The molecule has 4 nitrogen and oxygen atoms in total. The zero-order chi connectivity index (χ0) is 8.43. The molecule has 0 aliphatic heterocycles. The van der Waals surface area contributed by atoms with E-state index >= 15 is 0 Å². The molecule has 0 saturated carbocycles. The largest absolute Gasteiger partial charge is 0.545 e. The van der Waals surface area contributed by atoms with Gasteiger partial charge in [-0.3, -0.25) is 4.68 Å². The molecule has 0 amide bonds. The van der Waals surface area contributed by atoms with Gasteiger partial charge >= 0.3 is 0 Å². The van der Waals surface area contributed by atoms with Crippen LogP contribution in [0.5, 0.6) is 0 Å². The van der Waals surface area contributed by atoms with Gasteiger partial charge in [0.25, 0.3) is 0 Å². The first-order chi connectivity index (χ1) is 5.11.